The van der Waals surface area contributed by atoms with E-state index in [9.17, 15) is 9.59 Å². The third-order valence-corrected chi connectivity index (χ3v) is 5.79. The van der Waals surface area contributed by atoms with E-state index in [2.05, 4.69) is 22.1 Å². The third kappa shape index (κ3) is 3.73. The zero-order valence-electron chi connectivity index (χ0n) is 16.5. The summed E-state index contributed by atoms with van der Waals surface area (Å²) < 4.78 is 3.36. The topological polar surface area (TPSA) is 81.3 Å². The normalized spacial score (nSPS) is 12.2. The number of allylic oxidation sites excluding steroid dienone is 1. The molecule has 0 bridgehead atoms. The van der Waals surface area contributed by atoms with Crippen LogP contribution in [-0.4, -0.2) is 30.3 Å². The van der Waals surface area contributed by atoms with Crippen LogP contribution in [0, 0.1) is 0 Å². The van der Waals surface area contributed by atoms with Crippen molar-refractivity contribution in [1.82, 2.24) is 24.5 Å². The second-order valence-electron chi connectivity index (χ2n) is 6.80. The Kier molecular flexibility index (Phi) is 5.67. The first-order valence-corrected chi connectivity index (χ1v) is 10.4. The number of rotatable bonds is 7. The van der Waals surface area contributed by atoms with Crippen LogP contribution >= 0.6 is 11.8 Å². The van der Waals surface area contributed by atoms with Crippen LogP contribution in [0.3, 0.4) is 0 Å². The number of fused-ring (bicyclic) bond motifs is 3. The Bertz CT molecular complexity index is 1280. The van der Waals surface area contributed by atoms with Gasteiger partial charge in [0.05, 0.1) is 16.2 Å². The molecule has 4 aromatic rings. The highest BCUT2D eigenvalue weighted by Gasteiger charge is 2.21. The number of aromatic nitrogens is 4. The van der Waals surface area contributed by atoms with Crippen LogP contribution in [0.4, 0.5) is 0 Å². The maximum absolute atomic E-state index is 12.9. The molecule has 0 aliphatic rings. The van der Waals surface area contributed by atoms with Gasteiger partial charge in [-0.05, 0) is 24.6 Å². The quantitative estimate of drug-likeness (QED) is 0.368. The average Bonchev–Trinajstić information content (AvgIpc) is 3.19. The van der Waals surface area contributed by atoms with Crippen molar-refractivity contribution >= 4 is 34.3 Å². The summed E-state index contributed by atoms with van der Waals surface area (Å²) in [7, 11) is 0. The molecule has 2 aromatic carbocycles. The Labute approximate surface area is 177 Å². The summed E-state index contributed by atoms with van der Waals surface area (Å²) in [4.78, 5) is 25.5. The molecule has 30 heavy (non-hydrogen) atoms. The van der Waals surface area contributed by atoms with Crippen LogP contribution in [0.15, 0.2) is 77.2 Å². The number of para-hydroxylation sites is 1. The van der Waals surface area contributed by atoms with Crippen LogP contribution in [0.25, 0.3) is 16.7 Å². The standard InChI is InChI=1S/C22H21N5O2S/c1-3-13-26-20(29)17-11-7-8-12-18(17)27-21(26)24-25-22(27)30-15(2)19(28)23-14-16-9-5-4-6-10-16/h3-12,15H,1,13-14H2,2H3,(H,23,28). The number of hydrogen-bond acceptors (Lipinski definition) is 5. The first-order chi connectivity index (χ1) is 14.6. The van der Waals surface area contributed by atoms with Crippen molar-refractivity contribution in [3.63, 3.8) is 0 Å². The molecule has 152 valence electrons. The summed E-state index contributed by atoms with van der Waals surface area (Å²) in [5, 5.41) is 12.2. The van der Waals surface area contributed by atoms with Crippen molar-refractivity contribution < 1.29 is 4.79 Å². The van der Waals surface area contributed by atoms with E-state index in [1.807, 2.05) is 59.9 Å². The Morgan fingerprint density at radius 2 is 1.90 bits per heavy atom. The molecule has 2 heterocycles. The first kappa shape index (κ1) is 19.9. The van der Waals surface area contributed by atoms with Crippen molar-refractivity contribution in [3.8, 4) is 0 Å². The number of nitrogens with one attached hydrogen (secondary N) is 1. The van der Waals surface area contributed by atoms with Crippen LogP contribution in [0.2, 0.25) is 0 Å². The molecule has 1 N–H and O–H groups in total. The molecule has 0 saturated heterocycles. The van der Waals surface area contributed by atoms with E-state index in [-0.39, 0.29) is 16.7 Å². The van der Waals surface area contributed by atoms with Gasteiger partial charge in [-0.1, -0.05) is 60.3 Å². The van der Waals surface area contributed by atoms with Crippen LogP contribution < -0.4 is 10.9 Å². The minimum atomic E-state index is -0.389. The minimum absolute atomic E-state index is 0.0932. The van der Waals surface area contributed by atoms with Gasteiger partial charge in [-0.3, -0.25) is 18.6 Å². The van der Waals surface area contributed by atoms with Gasteiger partial charge in [0.25, 0.3) is 5.56 Å². The Morgan fingerprint density at radius 3 is 2.67 bits per heavy atom. The predicted molar refractivity (Wildman–Crippen MR) is 119 cm³/mol. The molecule has 1 atom stereocenters. The van der Waals surface area contributed by atoms with Gasteiger partial charge >= 0.3 is 0 Å². The SMILES string of the molecule is C=CCn1c(=O)c2ccccc2n2c(SC(C)C(=O)NCc3ccccc3)nnc12. The predicted octanol–water partition coefficient (Wildman–Crippen LogP) is 3.03. The summed E-state index contributed by atoms with van der Waals surface area (Å²) in [5.74, 6) is 0.335. The lowest BCUT2D eigenvalue weighted by molar-refractivity contribution is -0.120. The van der Waals surface area contributed by atoms with Gasteiger partial charge in [0.15, 0.2) is 5.16 Å². The van der Waals surface area contributed by atoms with Crippen molar-refractivity contribution in [2.24, 2.45) is 0 Å². The van der Waals surface area contributed by atoms with Gasteiger partial charge in [-0.15, -0.1) is 16.8 Å². The second-order valence-corrected chi connectivity index (χ2v) is 8.11. The van der Waals surface area contributed by atoms with Gasteiger partial charge in [-0.2, -0.15) is 0 Å². The summed E-state index contributed by atoms with van der Waals surface area (Å²) in [6.45, 7) is 6.35. The summed E-state index contributed by atoms with van der Waals surface area (Å²) in [6.07, 6.45) is 1.65. The molecular weight excluding hydrogens is 398 g/mol. The molecule has 0 radical (unpaired) electrons. The highest BCUT2D eigenvalue weighted by molar-refractivity contribution is 8.00. The fourth-order valence-electron chi connectivity index (χ4n) is 3.24. The smallest absolute Gasteiger partial charge is 0.263 e. The highest BCUT2D eigenvalue weighted by Crippen LogP contribution is 2.25. The van der Waals surface area contributed by atoms with Crippen molar-refractivity contribution in [1.29, 1.82) is 0 Å². The summed E-state index contributed by atoms with van der Waals surface area (Å²) >= 11 is 1.31. The van der Waals surface area contributed by atoms with Gasteiger partial charge in [0.2, 0.25) is 11.7 Å². The van der Waals surface area contributed by atoms with E-state index in [1.54, 1.807) is 12.1 Å². The number of carbonyl (C=O) groups excluding carboxylic acids is 1. The number of amides is 1. The van der Waals surface area contributed by atoms with E-state index in [0.29, 0.717) is 34.9 Å². The first-order valence-electron chi connectivity index (χ1n) is 9.56. The highest BCUT2D eigenvalue weighted by atomic mass is 32.2. The molecule has 0 fully saturated rings. The number of carbonyl (C=O) groups is 1. The van der Waals surface area contributed by atoms with E-state index in [1.165, 1.54) is 16.3 Å². The van der Waals surface area contributed by atoms with Gasteiger partial charge < -0.3 is 5.32 Å². The summed E-state index contributed by atoms with van der Waals surface area (Å²) in [6, 6.07) is 17.1. The Hall–Kier alpha value is -3.39. The number of benzene rings is 2. The average molecular weight is 420 g/mol. The van der Waals surface area contributed by atoms with E-state index >= 15 is 0 Å². The molecule has 1 unspecified atom stereocenters. The fraction of sp³-hybridized carbons (Fsp3) is 0.182. The molecule has 0 aliphatic heterocycles. The minimum Gasteiger partial charge on any atom is -0.351 e. The number of hydrogen-bond donors (Lipinski definition) is 1. The molecule has 8 heteroatoms. The van der Waals surface area contributed by atoms with E-state index in [0.717, 1.165) is 5.56 Å². The van der Waals surface area contributed by atoms with E-state index < -0.39 is 0 Å². The van der Waals surface area contributed by atoms with Crippen molar-refractivity contribution in [2.45, 2.75) is 30.4 Å². The third-order valence-electron chi connectivity index (χ3n) is 4.75. The molecule has 4 rings (SSSR count). The second kappa shape index (κ2) is 8.54. The molecule has 1 amide bonds. The lowest BCUT2D eigenvalue weighted by Gasteiger charge is -2.13. The zero-order valence-corrected chi connectivity index (χ0v) is 17.3. The molecule has 2 aromatic heterocycles. The van der Waals surface area contributed by atoms with Gasteiger partial charge in [-0.25, -0.2) is 0 Å². The van der Waals surface area contributed by atoms with Crippen molar-refractivity contribution in [3.05, 3.63) is 83.2 Å². The molecule has 0 saturated carbocycles. The molecule has 7 nitrogen and oxygen atoms in total. The molecule has 0 aliphatic carbocycles. The monoisotopic (exact) mass is 419 g/mol. The Balaban J connectivity index is 1.65. The van der Waals surface area contributed by atoms with Crippen LogP contribution in [-0.2, 0) is 17.9 Å². The maximum atomic E-state index is 12.9. The Morgan fingerprint density at radius 1 is 1.17 bits per heavy atom. The number of nitrogens with zero attached hydrogens (tertiary/aromatic N) is 4. The number of thioether (sulfide) groups is 1. The lowest BCUT2D eigenvalue weighted by Crippen LogP contribution is -2.30. The van der Waals surface area contributed by atoms with Gasteiger partial charge in [0, 0.05) is 13.1 Å². The zero-order chi connectivity index (χ0) is 21.1. The van der Waals surface area contributed by atoms with E-state index in [4.69, 9.17) is 0 Å². The van der Waals surface area contributed by atoms with Gasteiger partial charge in [0.1, 0.15) is 0 Å². The molecular formula is C22H21N5O2S. The van der Waals surface area contributed by atoms with Crippen LogP contribution in [0.1, 0.15) is 12.5 Å². The lowest BCUT2D eigenvalue weighted by atomic mass is 10.2. The van der Waals surface area contributed by atoms with Crippen molar-refractivity contribution in [2.75, 3.05) is 0 Å². The maximum Gasteiger partial charge on any atom is 0.263 e. The summed E-state index contributed by atoms with van der Waals surface area (Å²) in [5.41, 5.74) is 1.60. The fourth-order valence-corrected chi connectivity index (χ4v) is 4.12. The van der Waals surface area contributed by atoms with Crippen LogP contribution in [0.5, 0.6) is 0 Å². The molecule has 0 spiro atoms. The largest absolute Gasteiger partial charge is 0.351 e.